The van der Waals surface area contributed by atoms with E-state index in [0.29, 0.717) is 17.1 Å². The van der Waals surface area contributed by atoms with Gasteiger partial charge in [-0.15, -0.1) is 0 Å². The molecular weight excluding hydrogens is 266 g/mol. The van der Waals surface area contributed by atoms with Crippen LogP contribution in [0.5, 0.6) is 5.75 Å². The second-order valence-corrected chi connectivity index (χ2v) is 4.17. The second kappa shape index (κ2) is 6.33. The molecule has 2 N–H and O–H groups in total. The van der Waals surface area contributed by atoms with E-state index in [-0.39, 0.29) is 11.8 Å². The maximum atomic E-state index is 12.0. The molecule has 2 rings (SSSR count). The Balaban J connectivity index is 2.22. The summed E-state index contributed by atoms with van der Waals surface area (Å²) < 4.78 is 28.9. The molecular formula is C13H14F2N4O. The number of halogens is 2. The fourth-order valence-electron chi connectivity index (χ4n) is 1.66. The average molecular weight is 280 g/mol. The van der Waals surface area contributed by atoms with Crippen LogP contribution in [-0.2, 0) is 0 Å². The van der Waals surface area contributed by atoms with Gasteiger partial charge in [-0.1, -0.05) is 0 Å². The number of ether oxygens (including phenoxy) is 1. The highest BCUT2D eigenvalue weighted by molar-refractivity contribution is 5.58. The lowest BCUT2D eigenvalue weighted by Gasteiger charge is -2.10. The van der Waals surface area contributed by atoms with Crippen LogP contribution >= 0.6 is 0 Å². The van der Waals surface area contributed by atoms with Gasteiger partial charge < -0.3 is 10.5 Å². The van der Waals surface area contributed by atoms with Crippen molar-refractivity contribution in [1.29, 1.82) is 0 Å². The summed E-state index contributed by atoms with van der Waals surface area (Å²) in [4.78, 5) is 12.4. The molecule has 0 aliphatic rings. The molecule has 0 bridgehead atoms. The van der Waals surface area contributed by atoms with Crippen LogP contribution in [0.2, 0.25) is 0 Å². The maximum absolute atomic E-state index is 12.0. The van der Waals surface area contributed by atoms with Crippen molar-refractivity contribution in [2.45, 2.75) is 19.4 Å². The zero-order valence-electron chi connectivity index (χ0n) is 10.8. The van der Waals surface area contributed by atoms with E-state index in [1.54, 1.807) is 18.3 Å². The molecule has 7 heteroatoms. The van der Waals surface area contributed by atoms with Gasteiger partial charge in [0.1, 0.15) is 6.61 Å². The largest absolute Gasteiger partial charge is 0.484 e. The standard InChI is InChI=1S/C13H14F2N4O/c1-8(16)12-10(3-2-4-17-12)13-18-5-9(6-19-13)20-7-11(14)15/h2-6,8,11H,7,16H2,1H3. The summed E-state index contributed by atoms with van der Waals surface area (Å²) in [6.07, 6.45) is 1.81. The molecule has 0 aromatic carbocycles. The highest BCUT2D eigenvalue weighted by atomic mass is 19.3. The molecule has 20 heavy (non-hydrogen) atoms. The van der Waals surface area contributed by atoms with Crippen LogP contribution in [0, 0.1) is 0 Å². The Morgan fingerprint density at radius 2 is 1.95 bits per heavy atom. The quantitative estimate of drug-likeness (QED) is 0.908. The fraction of sp³-hybridized carbons (Fsp3) is 0.308. The zero-order chi connectivity index (χ0) is 14.5. The van der Waals surface area contributed by atoms with Crippen LogP contribution in [0.1, 0.15) is 18.7 Å². The van der Waals surface area contributed by atoms with E-state index < -0.39 is 13.0 Å². The van der Waals surface area contributed by atoms with Crippen molar-refractivity contribution in [2.24, 2.45) is 5.73 Å². The molecule has 0 fully saturated rings. The monoisotopic (exact) mass is 280 g/mol. The van der Waals surface area contributed by atoms with Gasteiger partial charge in [-0.3, -0.25) is 4.98 Å². The van der Waals surface area contributed by atoms with Crippen molar-refractivity contribution in [3.05, 3.63) is 36.4 Å². The Labute approximate surface area is 114 Å². The molecule has 0 radical (unpaired) electrons. The van der Waals surface area contributed by atoms with E-state index in [2.05, 4.69) is 15.0 Å². The third-order valence-corrected chi connectivity index (χ3v) is 2.51. The van der Waals surface area contributed by atoms with Crippen LogP contribution in [0.15, 0.2) is 30.7 Å². The summed E-state index contributed by atoms with van der Waals surface area (Å²) in [5, 5.41) is 0. The van der Waals surface area contributed by atoms with Crippen LogP contribution < -0.4 is 10.5 Å². The SMILES string of the molecule is CC(N)c1ncccc1-c1ncc(OCC(F)F)cn1. The topological polar surface area (TPSA) is 73.9 Å². The Kier molecular flexibility index (Phi) is 4.52. The number of nitrogens with zero attached hydrogens (tertiary/aromatic N) is 3. The van der Waals surface area contributed by atoms with Crippen LogP contribution in [-0.4, -0.2) is 28.0 Å². The minimum atomic E-state index is -2.53. The molecule has 106 valence electrons. The van der Waals surface area contributed by atoms with Crippen molar-refractivity contribution in [2.75, 3.05) is 6.61 Å². The van der Waals surface area contributed by atoms with Crippen molar-refractivity contribution in [3.8, 4) is 17.1 Å². The average Bonchev–Trinajstić information content (AvgIpc) is 2.45. The fourth-order valence-corrected chi connectivity index (χ4v) is 1.66. The second-order valence-electron chi connectivity index (χ2n) is 4.17. The molecule has 0 aliphatic carbocycles. The number of pyridine rings is 1. The van der Waals surface area contributed by atoms with Crippen molar-refractivity contribution >= 4 is 0 Å². The minimum absolute atomic E-state index is 0.195. The molecule has 2 aromatic rings. The van der Waals surface area contributed by atoms with Gasteiger partial charge in [-0.25, -0.2) is 18.7 Å². The molecule has 0 saturated carbocycles. The number of hydrogen-bond donors (Lipinski definition) is 1. The van der Waals surface area contributed by atoms with E-state index in [9.17, 15) is 8.78 Å². The number of alkyl halides is 2. The van der Waals surface area contributed by atoms with Crippen molar-refractivity contribution in [3.63, 3.8) is 0 Å². The van der Waals surface area contributed by atoms with E-state index in [0.717, 1.165) is 0 Å². The highest BCUT2D eigenvalue weighted by Gasteiger charge is 2.12. The van der Waals surface area contributed by atoms with Gasteiger partial charge in [0.2, 0.25) is 0 Å². The summed E-state index contributed by atoms with van der Waals surface area (Å²) in [7, 11) is 0. The van der Waals surface area contributed by atoms with Gasteiger partial charge in [-0.2, -0.15) is 0 Å². The summed E-state index contributed by atoms with van der Waals surface area (Å²) >= 11 is 0. The van der Waals surface area contributed by atoms with Crippen molar-refractivity contribution in [1.82, 2.24) is 15.0 Å². The molecule has 0 spiro atoms. The molecule has 2 aromatic heterocycles. The molecule has 0 saturated heterocycles. The highest BCUT2D eigenvalue weighted by Crippen LogP contribution is 2.23. The lowest BCUT2D eigenvalue weighted by Crippen LogP contribution is -2.10. The lowest BCUT2D eigenvalue weighted by molar-refractivity contribution is 0.0815. The third kappa shape index (κ3) is 3.45. The molecule has 1 unspecified atom stereocenters. The first kappa shape index (κ1) is 14.3. The van der Waals surface area contributed by atoms with E-state index in [4.69, 9.17) is 10.5 Å². The maximum Gasteiger partial charge on any atom is 0.272 e. The Morgan fingerprint density at radius 1 is 1.25 bits per heavy atom. The van der Waals surface area contributed by atoms with E-state index in [1.165, 1.54) is 12.4 Å². The van der Waals surface area contributed by atoms with Gasteiger partial charge >= 0.3 is 0 Å². The van der Waals surface area contributed by atoms with Crippen LogP contribution in [0.3, 0.4) is 0 Å². The summed E-state index contributed by atoms with van der Waals surface area (Å²) in [5.41, 5.74) is 7.22. The first-order valence-electron chi connectivity index (χ1n) is 6.01. The van der Waals surface area contributed by atoms with Gasteiger partial charge in [0, 0.05) is 17.8 Å². The van der Waals surface area contributed by atoms with Gasteiger partial charge in [-0.05, 0) is 19.1 Å². The van der Waals surface area contributed by atoms with Crippen LogP contribution in [0.4, 0.5) is 8.78 Å². The third-order valence-electron chi connectivity index (χ3n) is 2.51. The number of nitrogens with two attached hydrogens (primary N) is 1. The normalized spacial score (nSPS) is 12.4. The smallest absolute Gasteiger partial charge is 0.272 e. The first-order chi connectivity index (χ1) is 9.58. The number of rotatable bonds is 5. The molecule has 5 nitrogen and oxygen atoms in total. The van der Waals surface area contributed by atoms with E-state index >= 15 is 0 Å². The Bertz CT molecular complexity index is 561. The lowest BCUT2D eigenvalue weighted by atomic mass is 10.1. The number of aromatic nitrogens is 3. The molecule has 2 heterocycles. The summed E-state index contributed by atoms with van der Waals surface area (Å²) in [5.74, 6) is 0.620. The summed E-state index contributed by atoms with van der Waals surface area (Å²) in [6.45, 7) is 1.13. The van der Waals surface area contributed by atoms with Gasteiger partial charge in [0.05, 0.1) is 18.1 Å². The van der Waals surface area contributed by atoms with Crippen LogP contribution in [0.25, 0.3) is 11.4 Å². The van der Waals surface area contributed by atoms with Gasteiger partial charge in [0.25, 0.3) is 6.43 Å². The Hall–Kier alpha value is -2.15. The number of hydrogen-bond acceptors (Lipinski definition) is 5. The van der Waals surface area contributed by atoms with Crippen molar-refractivity contribution < 1.29 is 13.5 Å². The zero-order valence-corrected chi connectivity index (χ0v) is 10.8. The molecule has 0 aliphatic heterocycles. The molecule has 0 amide bonds. The molecule has 1 atom stereocenters. The predicted molar refractivity (Wildman–Crippen MR) is 69.4 cm³/mol. The van der Waals surface area contributed by atoms with Gasteiger partial charge in [0.15, 0.2) is 11.6 Å². The predicted octanol–water partition coefficient (Wildman–Crippen LogP) is 2.20. The minimum Gasteiger partial charge on any atom is -0.484 e. The summed E-state index contributed by atoms with van der Waals surface area (Å²) in [6, 6.07) is 3.30. The van der Waals surface area contributed by atoms with E-state index in [1.807, 2.05) is 6.92 Å². The Morgan fingerprint density at radius 3 is 2.55 bits per heavy atom. The first-order valence-corrected chi connectivity index (χ1v) is 6.01.